The summed E-state index contributed by atoms with van der Waals surface area (Å²) in [7, 11) is 1.66. The van der Waals surface area contributed by atoms with Gasteiger partial charge in [0, 0.05) is 13.6 Å². The topological polar surface area (TPSA) is 76.1 Å². The highest BCUT2D eigenvalue weighted by atomic mass is 19.3. The molecule has 0 atom stereocenters. The number of amides is 1. The van der Waals surface area contributed by atoms with E-state index in [1.165, 1.54) is 12.4 Å². The number of alkyl halides is 2. The van der Waals surface area contributed by atoms with Crippen LogP contribution < -0.4 is 10.6 Å². The Kier molecular flexibility index (Phi) is 5.92. The van der Waals surface area contributed by atoms with Crippen LogP contribution in [0.3, 0.4) is 0 Å². The van der Waals surface area contributed by atoms with Crippen LogP contribution in [0.2, 0.25) is 0 Å². The molecular formula is C10H14F2N4O2. The van der Waals surface area contributed by atoms with Gasteiger partial charge in [-0.1, -0.05) is 0 Å². The average Bonchev–Trinajstić information content (AvgIpc) is 2.37. The first-order valence-electron chi connectivity index (χ1n) is 5.27. The normalized spacial score (nSPS) is 10.4. The Labute approximate surface area is 103 Å². The molecule has 0 aliphatic carbocycles. The van der Waals surface area contributed by atoms with E-state index >= 15 is 0 Å². The summed E-state index contributed by atoms with van der Waals surface area (Å²) in [5, 5.41) is 5.23. The number of carbonyl (C=O) groups excluding carboxylic acids is 1. The van der Waals surface area contributed by atoms with Gasteiger partial charge in [0.15, 0.2) is 0 Å². The van der Waals surface area contributed by atoms with Crippen LogP contribution >= 0.6 is 0 Å². The molecule has 0 radical (unpaired) electrons. The van der Waals surface area contributed by atoms with Crippen molar-refractivity contribution in [3.8, 4) is 0 Å². The molecule has 1 amide bonds. The lowest BCUT2D eigenvalue weighted by Crippen LogP contribution is -2.28. The third-order valence-corrected chi connectivity index (χ3v) is 1.90. The quantitative estimate of drug-likeness (QED) is 0.699. The maximum absolute atomic E-state index is 11.7. The number of anilines is 1. The Morgan fingerprint density at radius 2 is 2.28 bits per heavy atom. The summed E-state index contributed by atoms with van der Waals surface area (Å²) >= 11 is 0. The van der Waals surface area contributed by atoms with Gasteiger partial charge in [0.25, 0.3) is 12.3 Å². The van der Waals surface area contributed by atoms with Gasteiger partial charge in [0.05, 0.1) is 19.0 Å². The smallest absolute Gasteiger partial charge is 0.271 e. The fourth-order valence-corrected chi connectivity index (χ4v) is 1.10. The maximum atomic E-state index is 11.7. The van der Waals surface area contributed by atoms with Crippen molar-refractivity contribution < 1.29 is 18.3 Å². The number of halogens is 2. The molecule has 0 aliphatic heterocycles. The summed E-state index contributed by atoms with van der Waals surface area (Å²) in [5.74, 6) is 0.0387. The summed E-state index contributed by atoms with van der Waals surface area (Å²) in [6.45, 7) is -0.475. The first-order chi connectivity index (χ1) is 8.63. The van der Waals surface area contributed by atoms with Crippen molar-refractivity contribution in [3.63, 3.8) is 0 Å². The second-order valence-corrected chi connectivity index (χ2v) is 3.26. The maximum Gasteiger partial charge on any atom is 0.271 e. The van der Waals surface area contributed by atoms with Crippen LogP contribution in [-0.2, 0) is 4.74 Å². The minimum atomic E-state index is -2.50. The zero-order chi connectivity index (χ0) is 13.4. The number of aromatic nitrogens is 2. The van der Waals surface area contributed by atoms with Gasteiger partial charge in [-0.05, 0) is 0 Å². The van der Waals surface area contributed by atoms with Crippen molar-refractivity contribution >= 4 is 11.7 Å². The summed E-state index contributed by atoms with van der Waals surface area (Å²) in [4.78, 5) is 19.4. The molecule has 0 bridgehead atoms. The molecule has 0 spiro atoms. The number of rotatable bonds is 7. The van der Waals surface area contributed by atoms with Crippen molar-refractivity contribution in [1.29, 1.82) is 0 Å². The van der Waals surface area contributed by atoms with E-state index < -0.39 is 18.9 Å². The third-order valence-electron chi connectivity index (χ3n) is 1.90. The fraction of sp³-hybridized carbons (Fsp3) is 0.500. The third kappa shape index (κ3) is 5.00. The molecule has 0 aliphatic rings. The van der Waals surface area contributed by atoms with Gasteiger partial charge in [-0.2, -0.15) is 0 Å². The first kappa shape index (κ1) is 14.2. The summed E-state index contributed by atoms with van der Waals surface area (Å²) < 4.78 is 28.1. The van der Waals surface area contributed by atoms with Crippen LogP contribution in [0.1, 0.15) is 10.5 Å². The average molecular weight is 260 g/mol. The van der Waals surface area contributed by atoms with Gasteiger partial charge < -0.3 is 15.4 Å². The van der Waals surface area contributed by atoms with E-state index in [4.69, 9.17) is 0 Å². The Morgan fingerprint density at radius 3 is 2.94 bits per heavy atom. The molecule has 100 valence electrons. The molecule has 1 aromatic heterocycles. The summed E-state index contributed by atoms with van der Waals surface area (Å²) in [6.07, 6.45) is 0.289. The van der Waals surface area contributed by atoms with Crippen LogP contribution in [0.5, 0.6) is 0 Å². The Morgan fingerprint density at radius 1 is 1.50 bits per heavy atom. The molecule has 1 rings (SSSR count). The number of ether oxygens (including phenoxy) is 1. The SMILES string of the molecule is CNc1cncc(C(=O)NCCOCC(F)F)n1. The number of carbonyl (C=O) groups is 1. The van der Waals surface area contributed by atoms with Crippen molar-refractivity contribution in [3.05, 3.63) is 18.1 Å². The largest absolute Gasteiger partial charge is 0.374 e. The monoisotopic (exact) mass is 260 g/mol. The van der Waals surface area contributed by atoms with Crippen molar-refractivity contribution in [2.24, 2.45) is 0 Å². The minimum Gasteiger partial charge on any atom is -0.374 e. The molecule has 8 heteroatoms. The van der Waals surface area contributed by atoms with Gasteiger partial charge >= 0.3 is 0 Å². The van der Waals surface area contributed by atoms with Crippen molar-refractivity contribution in [2.75, 3.05) is 32.1 Å². The summed E-state index contributed by atoms with van der Waals surface area (Å²) in [6, 6.07) is 0. The molecular weight excluding hydrogens is 246 g/mol. The zero-order valence-corrected chi connectivity index (χ0v) is 9.82. The van der Waals surface area contributed by atoms with E-state index in [9.17, 15) is 13.6 Å². The number of nitrogens with zero attached hydrogens (tertiary/aromatic N) is 2. The molecule has 6 nitrogen and oxygen atoms in total. The van der Waals surface area contributed by atoms with Crippen LogP contribution in [0.15, 0.2) is 12.4 Å². The van der Waals surface area contributed by atoms with Gasteiger partial charge in [0.2, 0.25) is 0 Å². The molecule has 0 saturated carbocycles. The summed E-state index contributed by atoms with van der Waals surface area (Å²) in [5.41, 5.74) is 0.149. The lowest BCUT2D eigenvalue weighted by atomic mass is 10.4. The lowest BCUT2D eigenvalue weighted by Gasteiger charge is -2.06. The van der Waals surface area contributed by atoms with E-state index in [0.717, 1.165) is 0 Å². The van der Waals surface area contributed by atoms with Gasteiger partial charge in [-0.25, -0.2) is 13.8 Å². The number of hydrogen-bond acceptors (Lipinski definition) is 5. The molecule has 0 aromatic carbocycles. The fourth-order valence-electron chi connectivity index (χ4n) is 1.10. The van der Waals surface area contributed by atoms with Crippen LogP contribution in [0.4, 0.5) is 14.6 Å². The van der Waals surface area contributed by atoms with Crippen LogP contribution in [0.25, 0.3) is 0 Å². The Bertz CT molecular complexity index is 390. The Balaban J connectivity index is 2.31. The molecule has 1 heterocycles. The van der Waals surface area contributed by atoms with Gasteiger partial charge in [-0.3, -0.25) is 9.78 Å². The predicted octanol–water partition coefficient (Wildman–Crippen LogP) is 0.530. The van der Waals surface area contributed by atoms with Crippen LogP contribution in [0, 0.1) is 0 Å². The van der Waals surface area contributed by atoms with Gasteiger partial charge in [-0.15, -0.1) is 0 Å². The van der Waals surface area contributed by atoms with E-state index in [1.807, 2.05) is 0 Å². The molecule has 2 N–H and O–H groups in total. The highest BCUT2D eigenvalue weighted by molar-refractivity contribution is 5.92. The predicted molar refractivity (Wildman–Crippen MR) is 60.7 cm³/mol. The van der Waals surface area contributed by atoms with E-state index in [-0.39, 0.29) is 18.8 Å². The Hall–Kier alpha value is -1.83. The number of nitrogens with one attached hydrogen (secondary N) is 2. The van der Waals surface area contributed by atoms with E-state index in [0.29, 0.717) is 5.82 Å². The van der Waals surface area contributed by atoms with Gasteiger partial charge in [0.1, 0.15) is 18.1 Å². The molecule has 0 unspecified atom stereocenters. The second-order valence-electron chi connectivity index (χ2n) is 3.26. The zero-order valence-electron chi connectivity index (χ0n) is 9.82. The highest BCUT2D eigenvalue weighted by Crippen LogP contribution is 2.00. The standard InChI is InChI=1S/C10H14F2N4O2/c1-13-9-5-14-4-7(16-9)10(17)15-2-3-18-6-8(11)12/h4-5,8H,2-3,6H2,1H3,(H,13,16)(H,15,17). The van der Waals surface area contributed by atoms with Crippen molar-refractivity contribution in [2.45, 2.75) is 6.43 Å². The first-order valence-corrected chi connectivity index (χ1v) is 5.27. The number of hydrogen-bond donors (Lipinski definition) is 2. The van der Waals surface area contributed by atoms with Crippen molar-refractivity contribution in [1.82, 2.24) is 15.3 Å². The van der Waals surface area contributed by atoms with Crippen LogP contribution in [-0.4, -0.2) is 49.1 Å². The minimum absolute atomic E-state index is 0.0230. The lowest BCUT2D eigenvalue weighted by molar-refractivity contribution is 0.0188. The molecule has 18 heavy (non-hydrogen) atoms. The molecule has 0 fully saturated rings. The van der Waals surface area contributed by atoms with E-state index in [2.05, 4.69) is 25.3 Å². The molecule has 0 saturated heterocycles. The van der Waals surface area contributed by atoms with E-state index in [1.54, 1.807) is 7.05 Å². The molecule has 1 aromatic rings. The second kappa shape index (κ2) is 7.49. The highest BCUT2D eigenvalue weighted by Gasteiger charge is 2.08.